The number of rotatable bonds is 5. The zero-order chi connectivity index (χ0) is 12.4. The van der Waals surface area contributed by atoms with E-state index >= 15 is 0 Å². The third kappa shape index (κ3) is 3.01. The summed E-state index contributed by atoms with van der Waals surface area (Å²) in [6.45, 7) is 0.347. The summed E-state index contributed by atoms with van der Waals surface area (Å²) < 4.78 is 31.0. The topological polar surface area (TPSA) is 29.5 Å². The lowest BCUT2D eigenvalue weighted by atomic mass is 9.67. The molecule has 1 aliphatic carbocycles. The van der Waals surface area contributed by atoms with E-state index in [1.54, 1.807) is 0 Å². The van der Waals surface area contributed by atoms with Gasteiger partial charge in [0.25, 0.3) is 0 Å². The van der Waals surface area contributed by atoms with Crippen LogP contribution in [0.1, 0.15) is 18.4 Å². The van der Waals surface area contributed by atoms with Crippen molar-refractivity contribution in [1.82, 2.24) is 0 Å². The fraction of sp³-hybridized carbons (Fsp3) is 0.538. The number of alkyl halides is 2. The third-order valence-corrected chi connectivity index (χ3v) is 3.12. The molecule has 4 heteroatoms. The van der Waals surface area contributed by atoms with Gasteiger partial charge in [0, 0.05) is 18.3 Å². The van der Waals surface area contributed by atoms with Gasteiger partial charge in [-0.15, -0.1) is 0 Å². The Morgan fingerprint density at radius 3 is 2.35 bits per heavy atom. The highest BCUT2D eigenvalue weighted by atomic mass is 19.3. The van der Waals surface area contributed by atoms with E-state index in [1.807, 2.05) is 30.3 Å². The quantitative estimate of drug-likeness (QED) is 0.860. The summed E-state index contributed by atoms with van der Waals surface area (Å²) >= 11 is 0. The van der Waals surface area contributed by atoms with Gasteiger partial charge in [-0.2, -0.15) is 0 Å². The maximum absolute atomic E-state index is 12.8. The van der Waals surface area contributed by atoms with Crippen LogP contribution in [0.15, 0.2) is 30.3 Å². The van der Waals surface area contributed by atoms with Crippen molar-refractivity contribution in [2.24, 2.45) is 5.41 Å². The SMILES string of the molecule is OCC1(COCc2ccccc2)CC(F)(F)C1. The second-order valence-corrected chi connectivity index (χ2v) is 4.85. The van der Waals surface area contributed by atoms with E-state index in [2.05, 4.69) is 0 Å². The van der Waals surface area contributed by atoms with Crippen LogP contribution in [0.2, 0.25) is 0 Å². The van der Waals surface area contributed by atoms with Crippen molar-refractivity contribution in [2.45, 2.75) is 25.4 Å². The van der Waals surface area contributed by atoms with Crippen LogP contribution in [-0.2, 0) is 11.3 Å². The van der Waals surface area contributed by atoms with Crippen molar-refractivity contribution >= 4 is 0 Å². The maximum atomic E-state index is 12.8. The molecule has 0 amide bonds. The number of ether oxygens (including phenoxy) is 1. The summed E-state index contributed by atoms with van der Waals surface area (Å²) in [5, 5.41) is 9.15. The largest absolute Gasteiger partial charge is 0.396 e. The Balaban J connectivity index is 1.79. The van der Waals surface area contributed by atoms with E-state index in [0.29, 0.717) is 6.61 Å². The molecular weight excluding hydrogens is 226 g/mol. The van der Waals surface area contributed by atoms with Crippen LogP contribution < -0.4 is 0 Å². The van der Waals surface area contributed by atoms with Crippen LogP contribution >= 0.6 is 0 Å². The van der Waals surface area contributed by atoms with E-state index < -0.39 is 11.3 Å². The summed E-state index contributed by atoms with van der Waals surface area (Å²) in [4.78, 5) is 0. The highest BCUT2D eigenvalue weighted by Crippen LogP contribution is 2.51. The first kappa shape index (κ1) is 12.5. The predicted octanol–water partition coefficient (Wildman–Crippen LogP) is 2.61. The van der Waals surface area contributed by atoms with Gasteiger partial charge >= 0.3 is 0 Å². The molecule has 2 rings (SSSR count). The van der Waals surface area contributed by atoms with Crippen molar-refractivity contribution in [3.63, 3.8) is 0 Å². The first-order valence-corrected chi connectivity index (χ1v) is 5.66. The Morgan fingerprint density at radius 2 is 1.82 bits per heavy atom. The second kappa shape index (κ2) is 4.70. The van der Waals surface area contributed by atoms with Crippen LogP contribution in [0.5, 0.6) is 0 Å². The lowest BCUT2D eigenvalue weighted by molar-refractivity contribution is -0.198. The minimum atomic E-state index is -2.63. The number of hydrogen-bond acceptors (Lipinski definition) is 2. The molecule has 0 spiro atoms. The zero-order valence-corrected chi connectivity index (χ0v) is 9.53. The number of aliphatic hydroxyl groups is 1. The summed E-state index contributed by atoms with van der Waals surface area (Å²) in [5.41, 5.74) is 0.268. The van der Waals surface area contributed by atoms with Gasteiger partial charge in [-0.05, 0) is 5.56 Å². The normalized spacial score (nSPS) is 20.9. The molecule has 0 bridgehead atoms. The smallest absolute Gasteiger partial charge is 0.249 e. The Labute approximate surface area is 99.2 Å². The molecule has 0 aromatic heterocycles. The molecule has 0 radical (unpaired) electrons. The van der Waals surface area contributed by atoms with Crippen LogP contribution in [0.4, 0.5) is 8.78 Å². The predicted molar refractivity (Wildman–Crippen MR) is 59.8 cm³/mol. The highest BCUT2D eigenvalue weighted by molar-refractivity contribution is 5.13. The van der Waals surface area contributed by atoms with Gasteiger partial charge < -0.3 is 9.84 Å². The first-order chi connectivity index (χ1) is 8.05. The van der Waals surface area contributed by atoms with Gasteiger partial charge in [0.1, 0.15) is 0 Å². The molecule has 2 nitrogen and oxygen atoms in total. The van der Waals surface area contributed by atoms with Crippen LogP contribution in [0, 0.1) is 5.41 Å². The Morgan fingerprint density at radius 1 is 1.18 bits per heavy atom. The lowest BCUT2D eigenvalue weighted by Crippen LogP contribution is -2.51. The van der Waals surface area contributed by atoms with Crippen LogP contribution in [-0.4, -0.2) is 24.2 Å². The molecule has 0 atom stereocenters. The summed E-state index contributed by atoms with van der Waals surface area (Å²) in [6, 6.07) is 9.54. The zero-order valence-electron chi connectivity index (χ0n) is 9.53. The minimum absolute atomic E-state index is 0.188. The van der Waals surface area contributed by atoms with Crippen molar-refractivity contribution < 1.29 is 18.6 Å². The van der Waals surface area contributed by atoms with E-state index in [0.717, 1.165) is 5.56 Å². The van der Waals surface area contributed by atoms with E-state index in [-0.39, 0.29) is 26.1 Å². The van der Waals surface area contributed by atoms with Gasteiger partial charge in [-0.1, -0.05) is 30.3 Å². The van der Waals surface area contributed by atoms with Gasteiger partial charge in [0.2, 0.25) is 5.92 Å². The average Bonchev–Trinajstić information content (AvgIpc) is 2.27. The Kier molecular flexibility index (Phi) is 3.45. The summed E-state index contributed by atoms with van der Waals surface area (Å²) in [5.74, 6) is -2.63. The molecule has 0 unspecified atom stereocenters. The van der Waals surface area contributed by atoms with Crippen molar-refractivity contribution in [1.29, 1.82) is 0 Å². The maximum Gasteiger partial charge on any atom is 0.249 e. The average molecular weight is 242 g/mol. The summed E-state index contributed by atoms with van der Waals surface area (Å²) in [7, 11) is 0. The number of aliphatic hydroxyl groups excluding tert-OH is 1. The lowest BCUT2D eigenvalue weighted by Gasteiger charge is -2.45. The molecule has 1 fully saturated rings. The molecule has 0 saturated heterocycles. The third-order valence-electron chi connectivity index (χ3n) is 3.12. The fourth-order valence-corrected chi connectivity index (χ4v) is 2.26. The molecule has 1 aliphatic rings. The van der Waals surface area contributed by atoms with Crippen molar-refractivity contribution in [3.05, 3.63) is 35.9 Å². The van der Waals surface area contributed by atoms with Gasteiger partial charge in [0.15, 0.2) is 0 Å². The van der Waals surface area contributed by atoms with E-state index in [9.17, 15) is 8.78 Å². The monoisotopic (exact) mass is 242 g/mol. The molecule has 17 heavy (non-hydrogen) atoms. The molecular formula is C13H16F2O2. The van der Waals surface area contributed by atoms with Gasteiger partial charge in [-0.3, -0.25) is 0 Å². The molecule has 94 valence electrons. The Bertz CT molecular complexity index is 357. The van der Waals surface area contributed by atoms with Gasteiger partial charge in [0.05, 0.1) is 19.8 Å². The molecule has 0 aliphatic heterocycles. The molecule has 0 heterocycles. The summed E-state index contributed by atoms with van der Waals surface area (Å²) in [6.07, 6.45) is -0.545. The number of hydrogen-bond donors (Lipinski definition) is 1. The van der Waals surface area contributed by atoms with Crippen LogP contribution in [0.3, 0.4) is 0 Å². The second-order valence-electron chi connectivity index (χ2n) is 4.85. The van der Waals surface area contributed by atoms with E-state index in [4.69, 9.17) is 9.84 Å². The highest BCUT2D eigenvalue weighted by Gasteiger charge is 2.56. The van der Waals surface area contributed by atoms with Crippen molar-refractivity contribution in [2.75, 3.05) is 13.2 Å². The standard InChI is InChI=1S/C13H16F2O2/c14-13(15)7-12(8-13,9-16)10-17-6-11-4-2-1-3-5-11/h1-5,16H,6-10H2. The fourth-order valence-electron chi connectivity index (χ4n) is 2.26. The van der Waals surface area contributed by atoms with Gasteiger partial charge in [-0.25, -0.2) is 8.78 Å². The van der Waals surface area contributed by atoms with Crippen LogP contribution in [0.25, 0.3) is 0 Å². The minimum Gasteiger partial charge on any atom is -0.396 e. The molecule has 1 aromatic rings. The molecule has 1 saturated carbocycles. The van der Waals surface area contributed by atoms with E-state index in [1.165, 1.54) is 0 Å². The first-order valence-electron chi connectivity index (χ1n) is 5.66. The van der Waals surface area contributed by atoms with Crippen molar-refractivity contribution in [3.8, 4) is 0 Å². The number of benzene rings is 1. The molecule has 1 aromatic carbocycles. The Hall–Kier alpha value is -1.00. The number of halogens is 2. The molecule has 1 N–H and O–H groups in total.